The van der Waals surface area contributed by atoms with Crippen molar-refractivity contribution in [3.63, 3.8) is 0 Å². The summed E-state index contributed by atoms with van der Waals surface area (Å²) in [6.45, 7) is 0.263. The van der Waals surface area contributed by atoms with Gasteiger partial charge in [0.05, 0.1) is 0 Å². The minimum atomic E-state index is -0.236. The van der Waals surface area contributed by atoms with Crippen LogP contribution in [0.15, 0.2) is 0 Å². The molecule has 0 aliphatic carbocycles. The fraction of sp³-hybridized carbons (Fsp3) is 1.00. The molecule has 0 bridgehead atoms. The van der Waals surface area contributed by atoms with Crippen LogP contribution in [0.4, 0.5) is 0 Å². The Labute approximate surface area is 77.8 Å². The van der Waals surface area contributed by atoms with Crippen molar-refractivity contribution in [2.45, 2.75) is 0 Å². The smallest absolute Gasteiger partial charge is 0 e. The molecule has 0 aromatic heterocycles. The van der Waals surface area contributed by atoms with E-state index in [4.69, 9.17) is 0 Å². The second kappa shape index (κ2) is 10.4. The Balaban J connectivity index is 0. The van der Waals surface area contributed by atoms with Crippen LogP contribution in [0.1, 0.15) is 0 Å². The molecule has 0 fully saturated rings. The van der Waals surface area contributed by atoms with E-state index in [-0.39, 0.29) is 37.4 Å². The third-order valence-corrected chi connectivity index (χ3v) is 1.22. The first-order valence-electron chi connectivity index (χ1n) is 3.31. The van der Waals surface area contributed by atoms with Crippen LogP contribution < -0.4 is 15.3 Å². The molecule has 0 atom stereocenters. The SMILES string of the molecule is [Ge].[O-]CCN(CC[O-])CC[O-]. The van der Waals surface area contributed by atoms with E-state index < -0.39 is 0 Å². The fourth-order valence-electron chi connectivity index (χ4n) is 0.723. The van der Waals surface area contributed by atoms with E-state index in [1.165, 1.54) is 0 Å². The molecule has 0 aromatic rings. The standard InChI is InChI=1S/C6H12NO3.Ge/c8-4-1-7(2-5-9)3-6-10;/h1-6H2;/q-3;. The Morgan fingerprint density at radius 2 is 1.00 bits per heavy atom. The Bertz CT molecular complexity index is 60.6. The zero-order valence-electron chi connectivity index (χ0n) is 6.41. The average molecular weight is 219 g/mol. The third-order valence-electron chi connectivity index (χ3n) is 1.22. The molecule has 0 unspecified atom stereocenters. The quantitative estimate of drug-likeness (QED) is 0.426. The van der Waals surface area contributed by atoms with Crippen molar-refractivity contribution in [3.8, 4) is 0 Å². The molecule has 5 heteroatoms. The predicted molar refractivity (Wildman–Crippen MR) is 36.8 cm³/mol. The predicted octanol–water partition coefficient (Wildman–Crippen LogP) is -4.01. The molecular weight excluding hydrogens is 207 g/mol. The van der Waals surface area contributed by atoms with Crippen LogP contribution in [0.25, 0.3) is 0 Å². The molecule has 4 nitrogen and oxygen atoms in total. The van der Waals surface area contributed by atoms with Gasteiger partial charge < -0.3 is 20.2 Å². The van der Waals surface area contributed by atoms with E-state index in [0.717, 1.165) is 0 Å². The van der Waals surface area contributed by atoms with Crippen LogP contribution in [-0.2, 0) is 0 Å². The van der Waals surface area contributed by atoms with Gasteiger partial charge in [0.1, 0.15) is 0 Å². The van der Waals surface area contributed by atoms with Crippen molar-refractivity contribution in [2.24, 2.45) is 0 Å². The van der Waals surface area contributed by atoms with E-state index in [9.17, 15) is 15.3 Å². The maximum absolute atomic E-state index is 10.0. The molecule has 0 rings (SSSR count). The van der Waals surface area contributed by atoms with E-state index in [2.05, 4.69) is 0 Å². The summed E-state index contributed by atoms with van der Waals surface area (Å²) in [6, 6.07) is 0. The number of hydrogen-bond donors (Lipinski definition) is 0. The van der Waals surface area contributed by atoms with Crippen molar-refractivity contribution < 1.29 is 15.3 Å². The van der Waals surface area contributed by atoms with Crippen LogP contribution in [0.2, 0.25) is 0 Å². The summed E-state index contributed by atoms with van der Waals surface area (Å²) in [7, 11) is 0. The molecule has 4 radical (unpaired) electrons. The summed E-state index contributed by atoms with van der Waals surface area (Å²) in [6.07, 6.45) is 0. The molecule has 0 spiro atoms. The van der Waals surface area contributed by atoms with Gasteiger partial charge in [0.2, 0.25) is 0 Å². The van der Waals surface area contributed by atoms with Gasteiger partial charge in [0, 0.05) is 17.6 Å². The normalized spacial score (nSPS) is 9.82. The zero-order valence-corrected chi connectivity index (χ0v) is 8.51. The molecule has 0 amide bonds. The molecule has 0 aromatic carbocycles. The van der Waals surface area contributed by atoms with Gasteiger partial charge in [0.25, 0.3) is 0 Å². The zero-order chi connectivity index (χ0) is 7.82. The molecular formula is C6H12GeNO3-3. The van der Waals surface area contributed by atoms with Gasteiger partial charge in [-0.1, -0.05) is 0 Å². The summed E-state index contributed by atoms with van der Waals surface area (Å²) in [5.41, 5.74) is 0. The Kier molecular flexibility index (Phi) is 13.2. The Morgan fingerprint density at radius 3 is 1.18 bits per heavy atom. The number of nitrogens with zero attached hydrogens (tertiary/aromatic N) is 1. The second-order valence-electron chi connectivity index (χ2n) is 1.95. The molecule has 0 N–H and O–H groups in total. The minimum Gasteiger partial charge on any atom is -0.854 e. The summed E-state index contributed by atoms with van der Waals surface area (Å²) in [5, 5.41) is 30.1. The molecule has 0 saturated heterocycles. The van der Waals surface area contributed by atoms with E-state index >= 15 is 0 Å². The topological polar surface area (TPSA) is 72.4 Å². The van der Waals surface area contributed by atoms with Crippen molar-refractivity contribution in [1.82, 2.24) is 4.90 Å². The third kappa shape index (κ3) is 8.29. The van der Waals surface area contributed by atoms with Crippen molar-refractivity contribution >= 4 is 17.6 Å². The summed E-state index contributed by atoms with van der Waals surface area (Å²) < 4.78 is 0. The monoisotopic (exact) mass is 220 g/mol. The maximum atomic E-state index is 10.0. The van der Waals surface area contributed by atoms with Gasteiger partial charge in [-0.25, -0.2) is 0 Å². The van der Waals surface area contributed by atoms with E-state index in [1.807, 2.05) is 0 Å². The average Bonchev–Trinajstić information content (AvgIpc) is 1.90. The first-order valence-corrected chi connectivity index (χ1v) is 3.31. The van der Waals surface area contributed by atoms with Gasteiger partial charge in [-0.3, -0.25) is 0 Å². The van der Waals surface area contributed by atoms with Crippen LogP contribution >= 0.6 is 0 Å². The maximum Gasteiger partial charge on any atom is 0 e. The van der Waals surface area contributed by atoms with Crippen LogP contribution in [0.3, 0.4) is 0 Å². The Morgan fingerprint density at radius 1 is 0.727 bits per heavy atom. The molecule has 66 valence electrons. The molecule has 0 aliphatic heterocycles. The second-order valence-corrected chi connectivity index (χ2v) is 1.95. The first-order chi connectivity index (χ1) is 4.85. The van der Waals surface area contributed by atoms with Crippen molar-refractivity contribution in [3.05, 3.63) is 0 Å². The number of rotatable bonds is 6. The van der Waals surface area contributed by atoms with Gasteiger partial charge in [-0.2, -0.15) is 0 Å². The summed E-state index contributed by atoms with van der Waals surface area (Å²) >= 11 is 0. The Hall–Kier alpha value is 0.383. The van der Waals surface area contributed by atoms with Crippen molar-refractivity contribution in [1.29, 1.82) is 0 Å². The van der Waals surface area contributed by atoms with Crippen LogP contribution in [0, 0.1) is 0 Å². The van der Waals surface area contributed by atoms with Crippen molar-refractivity contribution in [2.75, 3.05) is 39.5 Å². The molecule has 0 saturated carbocycles. The minimum absolute atomic E-state index is 0. The fourth-order valence-corrected chi connectivity index (χ4v) is 0.723. The number of hydrogen-bond acceptors (Lipinski definition) is 4. The molecule has 0 heterocycles. The van der Waals surface area contributed by atoms with Gasteiger partial charge in [0.15, 0.2) is 0 Å². The van der Waals surface area contributed by atoms with E-state index in [1.54, 1.807) is 4.90 Å². The summed E-state index contributed by atoms with van der Waals surface area (Å²) in [4.78, 5) is 1.60. The van der Waals surface area contributed by atoms with Gasteiger partial charge in [-0.15, -0.1) is 19.8 Å². The van der Waals surface area contributed by atoms with Gasteiger partial charge in [-0.05, 0) is 19.6 Å². The largest absolute Gasteiger partial charge is 0.854 e. The van der Waals surface area contributed by atoms with Gasteiger partial charge >= 0.3 is 0 Å². The summed E-state index contributed by atoms with van der Waals surface area (Å²) in [5.74, 6) is 0. The van der Waals surface area contributed by atoms with Crippen LogP contribution in [-0.4, -0.2) is 62.0 Å². The first kappa shape index (κ1) is 13.9. The van der Waals surface area contributed by atoms with E-state index in [0.29, 0.717) is 19.6 Å². The molecule has 0 aliphatic rings. The molecule has 11 heavy (non-hydrogen) atoms. The van der Waals surface area contributed by atoms with Crippen LogP contribution in [0.5, 0.6) is 0 Å².